The number of alkyl halides is 6. The Morgan fingerprint density at radius 3 is 2.04 bits per heavy atom. The lowest BCUT2D eigenvalue weighted by molar-refractivity contribution is -0.137. The SMILES string of the molecule is N#Cc1nn(-c2c(Cl)cc(C(F)(F)F)cc2Cl)c(N)c1[S@+]([O-])C(F)(F)F. The van der Waals surface area contributed by atoms with Gasteiger partial charge in [0.05, 0.1) is 15.6 Å². The molecule has 0 aliphatic heterocycles. The molecule has 1 aromatic carbocycles. The molecule has 0 spiro atoms. The minimum atomic E-state index is -5.25. The lowest BCUT2D eigenvalue weighted by Gasteiger charge is -2.14. The Bertz CT molecular complexity index is 882. The van der Waals surface area contributed by atoms with E-state index in [9.17, 15) is 30.9 Å². The molecule has 2 aromatic rings. The Labute approximate surface area is 154 Å². The van der Waals surface area contributed by atoms with Gasteiger partial charge in [0.15, 0.2) is 5.82 Å². The van der Waals surface area contributed by atoms with Crippen molar-refractivity contribution in [2.45, 2.75) is 16.6 Å². The van der Waals surface area contributed by atoms with Crippen molar-refractivity contribution in [3.8, 4) is 11.8 Å². The van der Waals surface area contributed by atoms with Gasteiger partial charge in [0.25, 0.3) is 0 Å². The predicted molar refractivity (Wildman–Crippen MR) is 80.2 cm³/mol. The predicted octanol–water partition coefficient (Wildman–Crippen LogP) is 4.28. The molecule has 14 heteroatoms. The summed E-state index contributed by atoms with van der Waals surface area (Å²) in [7, 11) is 0. The number of halogens is 8. The molecule has 5 nitrogen and oxygen atoms in total. The topological polar surface area (TPSA) is 90.7 Å². The Kier molecular flexibility index (Phi) is 5.31. The van der Waals surface area contributed by atoms with E-state index >= 15 is 0 Å². The average molecular weight is 437 g/mol. The minimum absolute atomic E-state index is 0.433. The van der Waals surface area contributed by atoms with Crippen LogP contribution < -0.4 is 5.73 Å². The molecule has 0 unspecified atom stereocenters. The van der Waals surface area contributed by atoms with Gasteiger partial charge in [-0.25, -0.2) is 4.68 Å². The fourth-order valence-electron chi connectivity index (χ4n) is 1.89. The van der Waals surface area contributed by atoms with E-state index in [0.29, 0.717) is 16.8 Å². The number of hydrogen-bond acceptors (Lipinski definition) is 4. The van der Waals surface area contributed by atoms with E-state index in [1.54, 1.807) is 0 Å². The first-order valence-electron chi connectivity index (χ1n) is 6.12. The molecule has 2 N–H and O–H groups in total. The monoisotopic (exact) mass is 436 g/mol. The van der Waals surface area contributed by atoms with Crippen molar-refractivity contribution in [3.63, 3.8) is 0 Å². The second-order valence-corrected chi connectivity index (χ2v) is 6.81. The summed E-state index contributed by atoms with van der Waals surface area (Å²) in [5.41, 5.74) is -2.42. The molecule has 0 fully saturated rings. The van der Waals surface area contributed by atoms with Gasteiger partial charge in [0.1, 0.15) is 22.9 Å². The molecule has 0 aliphatic rings. The molecule has 26 heavy (non-hydrogen) atoms. The summed E-state index contributed by atoms with van der Waals surface area (Å²) >= 11 is 7.77. The van der Waals surface area contributed by atoms with Crippen LogP contribution in [0.15, 0.2) is 17.0 Å². The molecule has 0 amide bonds. The average Bonchev–Trinajstić information content (AvgIpc) is 2.80. The van der Waals surface area contributed by atoms with Crippen molar-refractivity contribution >= 4 is 40.2 Å². The van der Waals surface area contributed by atoms with Gasteiger partial charge in [0.2, 0.25) is 10.6 Å². The quantitative estimate of drug-likeness (QED) is 0.561. The molecule has 0 saturated heterocycles. The summed E-state index contributed by atoms with van der Waals surface area (Å²) in [5.74, 6) is -0.902. The third-order valence-corrected chi connectivity index (χ3v) is 4.70. The van der Waals surface area contributed by atoms with Crippen molar-refractivity contribution in [3.05, 3.63) is 33.4 Å². The maximum absolute atomic E-state index is 12.7. The Morgan fingerprint density at radius 2 is 1.65 bits per heavy atom. The zero-order valence-corrected chi connectivity index (χ0v) is 14.2. The molecular formula is C12H4Cl2F6N4OS. The van der Waals surface area contributed by atoms with E-state index < -0.39 is 60.6 Å². The molecular weight excluding hydrogens is 433 g/mol. The van der Waals surface area contributed by atoms with Crippen molar-refractivity contribution in [1.82, 2.24) is 9.78 Å². The molecule has 2 rings (SSSR count). The van der Waals surface area contributed by atoms with Gasteiger partial charge < -0.3 is 10.3 Å². The summed E-state index contributed by atoms with van der Waals surface area (Å²) in [6.45, 7) is 0. The Morgan fingerprint density at radius 1 is 1.15 bits per heavy atom. The highest BCUT2D eigenvalue weighted by atomic mass is 35.5. The van der Waals surface area contributed by atoms with E-state index in [1.807, 2.05) is 0 Å². The number of nitrogens with two attached hydrogens (primary N) is 1. The van der Waals surface area contributed by atoms with Crippen molar-refractivity contribution < 1.29 is 30.9 Å². The highest BCUT2D eigenvalue weighted by Gasteiger charge is 2.50. The number of benzene rings is 1. The highest BCUT2D eigenvalue weighted by Crippen LogP contribution is 2.41. The van der Waals surface area contributed by atoms with E-state index in [4.69, 9.17) is 34.2 Å². The second kappa shape index (κ2) is 6.73. The molecule has 140 valence electrons. The number of aromatic nitrogens is 2. The highest BCUT2D eigenvalue weighted by molar-refractivity contribution is 7.92. The summed E-state index contributed by atoms with van der Waals surface area (Å²) in [6, 6.07) is 2.19. The molecule has 1 aromatic heterocycles. The number of anilines is 1. The minimum Gasteiger partial charge on any atom is -0.604 e. The first-order chi connectivity index (χ1) is 11.8. The number of nitrogen functional groups attached to an aromatic ring is 1. The van der Waals surface area contributed by atoms with Gasteiger partial charge in [-0.15, -0.1) is 18.3 Å². The largest absolute Gasteiger partial charge is 0.604 e. The molecule has 0 bridgehead atoms. The number of nitrogens with zero attached hydrogens (tertiary/aromatic N) is 3. The van der Waals surface area contributed by atoms with Crippen LogP contribution in [-0.4, -0.2) is 19.8 Å². The summed E-state index contributed by atoms with van der Waals surface area (Å²) in [6.07, 6.45) is -4.79. The lowest BCUT2D eigenvalue weighted by atomic mass is 10.2. The van der Waals surface area contributed by atoms with Crippen LogP contribution in [0.2, 0.25) is 10.0 Å². The third-order valence-electron chi connectivity index (χ3n) is 2.93. The summed E-state index contributed by atoms with van der Waals surface area (Å²) in [4.78, 5) is -1.15. The van der Waals surface area contributed by atoms with Gasteiger partial charge in [0, 0.05) is 0 Å². The second-order valence-electron chi connectivity index (χ2n) is 4.59. The summed E-state index contributed by atoms with van der Waals surface area (Å²) in [5, 5.41) is 11.1. The number of rotatable bonds is 2. The molecule has 1 atom stereocenters. The zero-order valence-electron chi connectivity index (χ0n) is 11.9. The van der Waals surface area contributed by atoms with Crippen LogP contribution >= 0.6 is 23.2 Å². The fourth-order valence-corrected chi connectivity index (χ4v) is 3.31. The van der Waals surface area contributed by atoms with E-state index in [1.165, 1.54) is 6.07 Å². The third kappa shape index (κ3) is 3.66. The van der Waals surface area contributed by atoms with Crippen LogP contribution in [0.5, 0.6) is 0 Å². The first-order valence-corrected chi connectivity index (χ1v) is 8.03. The Hall–Kier alpha value is -1.81. The van der Waals surface area contributed by atoms with E-state index in [-0.39, 0.29) is 0 Å². The van der Waals surface area contributed by atoms with Gasteiger partial charge in [-0.1, -0.05) is 23.2 Å². The number of hydrogen-bond donors (Lipinski definition) is 1. The smallest absolute Gasteiger partial charge is 0.578 e. The lowest BCUT2D eigenvalue weighted by Crippen LogP contribution is -2.24. The van der Waals surface area contributed by atoms with Gasteiger partial charge in [-0.2, -0.15) is 18.4 Å². The molecule has 0 saturated carbocycles. The van der Waals surface area contributed by atoms with Crippen molar-refractivity contribution in [2.24, 2.45) is 0 Å². The van der Waals surface area contributed by atoms with Gasteiger partial charge >= 0.3 is 11.7 Å². The fraction of sp³-hybridized carbons (Fsp3) is 0.167. The molecule has 1 heterocycles. The van der Waals surface area contributed by atoms with Crippen LogP contribution in [0, 0.1) is 11.3 Å². The van der Waals surface area contributed by atoms with E-state index in [0.717, 1.165) is 0 Å². The Balaban J connectivity index is 2.72. The maximum Gasteiger partial charge on any atom is 0.578 e. The molecule has 0 aliphatic carbocycles. The van der Waals surface area contributed by atoms with Crippen LogP contribution in [0.25, 0.3) is 5.69 Å². The van der Waals surface area contributed by atoms with E-state index in [2.05, 4.69) is 5.10 Å². The number of nitriles is 1. The van der Waals surface area contributed by atoms with Crippen molar-refractivity contribution in [1.29, 1.82) is 5.26 Å². The van der Waals surface area contributed by atoms with Crippen LogP contribution in [0.1, 0.15) is 11.3 Å². The van der Waals surface area contributed by atoms with Crippen LogP contribution in [0.4, 0.5) is 32.2 Å². The van der Waals surface area contributed by atoms with Crippen LogP contribution in [0.3, 0.4) is 0 Å². The standard InChI is InChI=1S/C12H4Cl2F6N4OS/c13-5-1-4(11(15,16)17)2-6(14)8(5)24-10(22)9(7(3-21)23-24)26(25)12(18,19)20/h1-2H,22H2/t26-/m0/s1. The normalized spacial score (nSPS) is 13.5. The van der Waals surface area contributed by atoms with Crippen LogP contribution in [-0.2, 0) is 17.4 Å². The van der Waals surface area contributed by atoms with Gasteiger partial charge in [-0.3, -0.25) is 0 Å². The summed E-state index contributed by atoms with van der Waals surface area (Å²) < 4.78 is 88.4. The molecule has 0 radical (unpaired) electrons. The van der Waals surface area contributed by atoms with Gasteiger partial charge in [-0.05, 0) is 12.1 Å². The van der Waals surface area contributed by atoms with Crippen molar-refractivity contribution in [2.75, 3.05) is 5.73 Å². The maximum atomic E-state index is 12.7. The first kappa shape index (κ1) is 20.5. The zero-order chi connectivity index (χ0) is 20.0.